The summed E-state index contributed by atoms with van der Waals surface area (Å²) < 4.78 is 5.74. The van der Waals surface area contributed by atoms with Crippen LogP contribution in [0.15, 0.2) is 0 Å². The first-order chi connectivity index (χ1) is 8.48. The lowest BCUT2D eigenvalue weighted by Crippen LogP contribution is -2.48. The summed E-state index contributed by atoms with van der Waals surface area (Å²) in [5.74, 6) is 0.788. The van der Waals surface area contributed by atoms with E-state index in [0.29, 0.717) is 6.04 Å². The zero-order valence-electron chi connectivity index (χ0n) is 13.0. The van der Waals surface area contributed by atoms with E-state index >= 15 is 0 Å². The molecule has 0 bridgehead atoms. The Morgan fingerprint density at radius 1 is 1.39 bits per heavy atom. The maximum absolute atomic E-state index is 5.74. The molecule has 1 aliphatic rings. The molecule has 1 saturated heterocycles. The molecule has 1 heterocycles. The Labute approximate surface area is 113 Å². The van der Waals surface area contributed by atoms with Crippen molar-refractivity contribution in [1.82, 2.24) is 10.2 Å². The number of rotatable bonds is 7. The molecule has 0 radical (unpaired) electrons. The molecule has 2 atom stereocenters. The number of hydrogen-bond acceptors (Lipinski definition) is 3. The quantitative estimate of drug-likeness (QED) is 0.757. The summed E-state index contributed by atoms with van der Waals surface area (Å²) in [6.07, 6.45) is 2.71. The lowest BCUT2D eigenvalue weighted by molar-refractivity contribution is -0.0123. The Hall–Kier alpha value is -0.120. The summed E-state index contributed by atoms with van der Waals surface area (Å²) >= 11 is 0. The molecule has 18 heavy (non-hydrogen) atoms. The summed E-state index contributed by atoms with van der Waals surface area (Å²) in [5.41, 5.74) is -0.0535. The molecule has 0 aromatic rings. The van der Waals surface area contributed by atoms with Crippen molar-refractivity contribution in [2.45, 2.75) is 59.1 Å². The Balaban J connectivity index is 2.33. The first-order valence-corrected chi connectivity index (χ1v) is 7.58. The third kappa shape index (κ3) is 5.25. The van der Waals surface area contributed by atoms with E-state index in [1.54, 1.807) is 0 Å². The number of nitrogens with one attached hydrogen (secondary N) is 1. The van der Waals surface area contributed by atoms with Crippen LogP contribution in [0.1, 0.15) is 47.5 Å². The summed E-state index contributed by atoms with van der Waals surface area (Å²) in [7, 11) is 0. The molecule has 0 amide bonds. The smallest absolute Gasteiger partial charge is 0.0750 e. The molecule has 1 aliphatic heterocycles. The minimum absolute atomic E-state index is 0.0535. The van der Waals surface area contributed by atoms with Crippen LogP contribution in [0.3, 0.4) is 0 Å². The van der Waals surface area contributed by atoms with E-state index in [1.165, 1.54) is 32.5 Å². The van der Waals surface area contributed by atoms with Gasteiger partial charge in [-0.05, 0) is 59.5 Å². The summed E-state index contributed by atoms with van der Waals surface area (Å²) in [4.78, 5) is 2.57. The van der Waals surface area contributed by atoms with Crippen LogP contribution in [0, 0.1) is 5.92 Å². The molecule has 2 unspecified atom stereocenters. The van der Waals surface area contributed by atoms with Gasteiger partial charge in [0, 0.05) is 25.7 Å². The molecule has 108 valence electrons. The average molecular weight is 256 g/mol. The highest BCUT2D eigenvalue weighted by Gasteiger charge is 2.25. The van der Waals surface area contributed by atoms with Crippen LogP contribution in [0.25, 0.3) is 0 Å². The third-order valence-corrected chi connectivity index (χ3v) is 4.08. The van der Waals surface area contributed by atoms with Gasteiger partial charge in [0.05, 0.1) is 5.60 Å². The second kappa shape index (κ2) is 7.46. The second-order valence-corrected chi connectivity index (χ2v) is 6.16. The summed E-state index contributed by atoms with van der Waals surface area (Å²) in [6, 6.07) is 0.582. The molecule has 3 nitrogen and oxygen atoms in total. The van der Waals surface area contributed by atoms with Crippen LogP contribution in [0.5, 0.6) is 0 Å². The first-order valence-electron chi connectivity index (χ1n) is 7.58. The fourth-order valence-corrected chi connectivity index (χ4v) is 2.80. The van der Waals surface area contributed by atoms with Gasteiger partial charge in [-0.3, -0.25) is 0 Å². The lowest BCUT2D eigenvalue weighted by Gasteiger charge is -2.37. The highest BCUT2D eigenvalue weighted by Crippen LogP contribution is 2.20. The maximum Gasteiger partial charge on any atom is 0.0750 e. The fraction of sp³-hybridized carbons (Fsp3) is 1.00. The van der Waals surface area contributed by atoms with E-state index in [0.717, 1.165) is 19.1 Å². The molecule has 0 spiro atoms. The predicted octanol–water partition coefficient (Wildman–Crippen LogP) is 2.51. The van der Waals surface area contributed by atoms with Gasteiger partial charge in [0.2, 0.25) is 0 Å². The van der Waals surface area contributed by atoms with E-state index in [1.807, 2.05) is 0 Å². The van der Waals surface area contributed by atoms with E-state index in [2.05, 4.69) is 44.8 Å². The minimum atomic E-state index is -0.0535. The van der Waals surface area contributed by atoms with E-state index in [4.69, 9.17) is 4.74 Å². The summed E-state index contributed by atoms with van der Waals surface area (Å²) in [6.45, 7) is 16.4. The summed E-state index contributed by atoms with van der Waals surface area (Å²) in [5, 5.41) is 3.67. The van der Waals surface area contributed by atoms with Crippen LogP contribution < -0.4 is 5.32 Å². The van der Waals surface area contributed by atoms with Gasteiger partial charge in [0.1, 0.15) is 0 Å². The Kier molecular flexibility index (Phi) is 6.61. The van der Waals surface area contributed by atoms with Crippen molar-refractivity contribution >= 4 is 0 Å². The molecular weight excluding hydrogens is 224 g/mol. The van der Waals surface area contributed by atoms with Crippen molar-refractivity contribution < 1.29 is 4.74 Å². The monoisotopic (exact) mass is 256 g/mol. The van der Waals surface area contributed by atoms with Crippen molar-refractivity contribution in [1.29, 1.82) is 0 Å². The number of ether oxygens (including phenoxy) is 1. The van der Waals surface area contributed by atoms with Gasteiger partial charge >= 0.3 is 0 Å². The van der Waals surface area contributed by atoms with Crippen molar-refractivity contribution in [3.05, 3.63) is 0 Å². The molecule has 0 aromatic carbocycles. The molecule has 0 saturated carbocycles. The molecular formula is C15H32N2O. The van der Waals surface area contributed by atoms with E-state index in [-0.39, 0.29) is 5.60 Å². The van der Waals surface area contributed by atoms with Crippen molar-refractivity contribution in [2.24, 2.45) is 5.92 Å². The highest BCUT2D eigenvalue weighted by atomic mass is 16.5. The number of piperidine rings is 1. The van der Waals surface area contributed by atoms with Crippen LogP contribution in [0.2, 0.25) is 0 Å². The van der Waals surface area contributed by atoms with Crippen molar-refractivity contribution in [3.63, 3.8) is 0 Å². The standard InChI is InChI=1S/C15H32N2O/c1-6-17-10-8-9-14(11-17)13(3)16-12-15(4,5)18-7-2/h13-14,16H,6-12H2,1-5H3. The fourth-order valence-electron chi connectivity index (χ4n) is 2.80. The minimum Gasteiger partial charge on any atom is -0.375 e. The normalized spacial score (nSPS) is 24.2. The Morgan fingerprint density at radius 2 is 2.11 bits per heavy atom. The molecule has 3 heteroatoms. The van der Waals surface area contributed by atoms with Crippen LogP contribution in [0.4, 0.5) is 0 Å². The van der Waals surface area contributed by atoms with E-state index < -0.39 is 0 Å². The second-order valence-electron chi connectivity index (χ2n) is 6.16. The number of hydrogen-bond donors (Lipinski definition) is 1. The Bertz CT molecular complexity index is 231. The molecule has 0 aliphatic carbocycles. The SMILES string of the molecule is CCOC(C)(C)CNC(C)C1CCCN(CC)C1. The predicted molar refractivity (Wildman–Crippen MR) is 78.0 cm³/mol. The number of likely N-dealkylation sites (tertiary alicyclic amines) is 1. The van der Waals surface area contributed by atoms with Crippen molar-refractivity contribution in [3.8, 4) is 0 Å². The zero-order valence-corrected chi connectivity index (χ0v) is 13.0. The van der Waals surface area contributed by atoms with Gasteiger partial charge in [-0.1, -0.05) is 6.92 Å². The topological polar surface area (TPSA) is 24.5 Å². The van der Waals surface area contributed by atoms with Gasteiger partial charge in [0.25, 0.3) is 0 Å². The van der Waals surface area contributed by atoms with Crippen LogP contribution in [-0.2, 0) is 4.74 Å². The molecule has 1 rings (SSSR count). The van der Waals surface area contributed by atoms with Gasteiger partial charge < -0.3 is 15.0 Å². The Morgan fingerprint density at radius 3 is 2.72 bits per heavy atom. The molecule has 1 fully saturated rings. The van der Waals surface area contributed by atoms with Crippen LogP contribution in [-0.4, -0.2) is 49.3 Å². The van der Waals surface area contributed by atoms with E-state index in [9.17, 15) is 0 Å². The van der Waals surface area contributed by atoms with Gasteiger partial charge in [-0.15, -0.1) is 0 Å². The largest absolute Gasteiger partial charge is 0.375 e. The maximum atomic E-state index is 5.74. The molecule has 1 N–H and O–H groups in total. The van der Waals surface area contributed by atoms with Crippen molar-refractivity contribution in [2.75, 3.05) is 32.8 Å². The third-order valence-electron chi connectivity index (χ3n) is 4.08. The zero-order chi connectivity index (χ0) is 13.6. The average Bonchev–Trinajstić information content (AvgIpc) is 2.36. The van der Waals surface area contributed by atoms with Gasteiger partial charge in [0.15, 0.2) is 0 Å². The van der Waals surface area contributed by atoms with Crippen LogP contribution >= 0.6 is 0 Å². The molecule has 0 aromatic heterocycles. The van der Waals surface area contributed by atoms with Gasteiger partial charge in [-0.2, -0.15) is 0 Å². The highest BCUT2D eigenvalue weighted by molar-refractivity contribution is 4.82. The van der Waals surface area contributed by atoms with Gasteiger partial charge in [-0.25, -0.2) is 0 Å². The first kappa shape index (κ1) is 15.9. The number of nitrogens with zero attached hydrogens (tertiary/aromatic N) is 1. The lowest BCUT2D eigenvalue weighted by atomic mass is 9.91.